The highest BCUT2D eigenvalue weighted by atomic mass is 15.3. The predicted octanol–water partition coefficient (Wildman–Crippen LogP) is 3.35. The summed E-state index contributed by atoms with van der Waals surface area (Å²) >= 11 is 0. The van der Waals surface area contributed by atoms with Crippen LogP contribution < -0.4 is 5.32 Å². The quantitative estimate of drug-likeness (QED) is 0.838. The van der Waals surface area contributed by atoms with Gasteiger partial charge in [-0.2, -0.15) is 5.10 Å². The number of aryl methyl sites for hydroxylation is 1. The molecule has 102 valence electrons. The Bertz CT molecular complexity index is 364. The number of aromatic nitrogens is 2. The van der Waals surface area contributed by atoms with E-state index in [9.17, 15) is 0 Å². The topological polar surface area (TPSA) is 29.9 Å². The van der Waals surface area contributed by atoms with Crippen molar-refractivity contribution in [1.82, 2.24) is 15.1 Å². The Hall–Kier alpha value is -0.830. The van der Waals surface area contributed by atoms with Crippen LogP contribution >= 0.6 is 0 Å². The van der Waals surface area contributed by atoms with Crippen molar-refractivity contribution in [2.24, 2.45) is 13.0 Å². The van der Waals surface area contributed by atoms with Gasteiger partial charge >= 0.3 is 0 Å². The van der Waals surface area contributed by atoms with Gasteiger partial charge in [-0.05, 0) is 32.2 Å². The van der Waals surface area contributed by atoms with E-state index in [4.69, 9.17) is 0 Å². The monoisotopic (exact) mass is 249 g/mol. The molecule has 1 heterocycles. The zero-order valence-corrected chi connectivity index (χ0v) is 12.1. The molecule has 0 radical (unpaired) electrons. The maximum absolute atomic E-state index is 4.40. The predicted molar refractivity (Wildman–Crippen MR) is 75.6 cm³/mol. The first-order valence-corrected chi connectivity index (χ1v) is 7.44. The molecule has 3 heteroatoms. The van der Waals surface area contributed by atoms with Crippen molar-refractivity contribution in [3.05, 3.63) is 17.5 Å². The molecule has 1 saturated carbocycles. The van der Waals surface area contributed by atoms with Crippen LogP contribution in [0.1, 0.15) is 62.7 Å². The molecule has 1 unspecified atom stereocenters. The average molecular weight is 249 g/mol. The van der Waals surface area contributed by atoms with Crippen LogP contribution in [0.25, 0.3) is 0 Å². The van der Waals surface area contributed by atoms with E-state index in [1.165, 1.54) is 49.8 Å². The maximum atomic E-state index is 4.40. The molecule has 18 heavy (non-hydrogen) atoms. The molecule has 0 aliphatic heterocycles. The summed E-state index contributed by atoms with van der Waals surface area (Å²) < 4.78 is 1.99. The summed E-state index contributed by atoms with van der Waals surface area (Å²) in [5.41, 5.74) is 2.71. The lowest BCUT2D eigenvalue weighted by atomic mass is 9.94. The Morgan fingerprint density at radius 1 is 1.44 bits per heavy atom. The van der Waals surface area contributed by atoms with Crippen LogP contribution in [0.3, 0.4) is 0 Å². The molecule has 1 aliphatic carbocycles. The Kier molecular flexibility index (Phi) is 4.81. The zero-order valence-electron chi connectivity index (χ0n) is 12.1. The van der Waals surface area contributed by atoms with Crippen LogP contribution in [0.2, 0.25) is 0 Å². The zero-order chi connectivity index (χ0) is 13.0. The smallest absolute Gasteiger partial charge is 0.0540 e. The third-order valence-corrected chi connectivity index (χ3v) is 4.33. The van der Waals surface area contributed by atoms with E-state index in [0.29, 0.717) is 6.04 Å². The lowest BCUT2D eigenvalue weighted by Gasteiger charge is -2.22. The van der Waals surface area contributed by atoms with E-state index >= 15 is 0 Å². The minimum Gasteiger partial charge on any atom is -0.310 e. The van der Waals surface area contributed by atoms with Gasteiger partial charge in [0.05, 0.1) is 6.20 Å². The van der Waals surface area contributed by atoms with Gasteiger partial charge in [-0.3, -0.25) is 4.68 Å². The fourth-order valence-electron chi connectivity index (χ4n) is 3.08. The second-order valence-electron chi connectivity index (χ2n) is 5.70. The Balaban J connectivity index is 2.05. The van der Waals surface area contributed by atoms with Crippen molar-refractivity contribution in [3.8, 4) is 0 Å². The van der Waals surface area contributed by atoms with Gasteiger partial charge in [-0.1, -0.05) is 32.6 Å². The van der Waals surface area contributed by atoms with Gasteiger partial charge in [-0.15, -0.1) is 0 Å². The molecule has 0 aromatic carbocycles. The van der Waals surface area contributed by atoms with Crippen LogP contribution in [-0.2, 0) is 7.05 Å². The fourth-order valence-corrected chi connectivity index (χ4v) is 3.08. The standard InChI is InChI=1S/C15H27N3/c1-4-9-16-15(10-13-7-5-6-8-13)14-11-17-18(3)12(14)2/h11,13,15-16H,4-10H2,1-3H3. The van der Waals surface area contributed by atoms with Crippen molar-refractivity contribution in [3.63, 3.8) is 0 Å². The molecule has 1 fully saturated rings. The Morgan fingerprint density at radius 3 is 2.72 bits per heavy atom. The molecule has 1 aliphatic rings. The molecule has 1 aromatic heterocycles. The molecular formula is C15H27N3. The summed E-state index contributed by atoms with van der Waals surface area (Å²) in [4.78, 5) is 0. The molecule has 0 bridgehead atoms. The van der Waals surface area contributed by atoms with Crippen molar-refractivity contribution >= 4 is 0 Å². The molecular weight excluding hydrogens is 222 g/mol. The molecule has 1 N–H and O–H groups in total. The average Bonchev–Trinajstić information content (AvgIpc) is 2.97. The third-order valence-electron chi connectivity index (χ3n) is 4.33. The summed E-state index contributed by atoms with van der Waals surface area (Å²) in [6, 6.07) is 0.502. The minimum atomic E-state index is 0.502. The van der Waals surface area contributed by atoms with Crippen LogP contribution in [0.4, 0.5) is 0 Å². The third kappa shape index (κ3) is 3.14. The van der Waals surface area contributed by atoms with Crippen LogP contribution in [-0.4, -0.2) is 16.3 Å². The number of nitrogens with one attached hydrogen (secondary N) is 1. The van der Waals surface area contributed by atoms with E-state index in [1.807, 2.05) is 11.7 Å². The summed E-state index contributed by atoms with van der Waals surface area (Å²) in [6.07, 6.45) is 10.2. The second-order valence-corrected chi connectivity index (χ2v) is 5.70. The van der Waals surface area contributed by atoms with Crippen molar-refractivity contribution < 1.29 is 0 Å². The van der Waals surface area contributed by atoms with Gasteiger partial charge in [0.25, 0.3) is 0 Å². The summed E-state index contributed by atoms with van der Waals surface area (Å²) in [5.74, 6) is 0.916. The first-order chi connectivity index (χ1) is 8.72. The second kappa shape index (κ2) is 6.37. The normalized spacial score (nSPS) is 18.4. The van der Waals surface area contributed by atoms with E-state index in [2.05, 4.69) is 30.5 Å². The van der Waals surface area contributed by atoms with Gasteiger partial charge in [0.15, 0.2) is 0 Å². The van der Waals surface area contributed by atoms with E-state index in [-0.39, 0.29) is 0 Å². The van der Waals surface area contributed by atoms with E-state index in [1.54, 1.807) is 0 Å². The SMILES string of the molecule is CCCNC(CC1CCCC1)c1cnn(C)c1C. The summed E-state index contributed by atoms with van der Waals surface area (Å²) in [7, 11) is 2.03. The van der Waals surface area contributed by atoms with Gasteiger partial charge < -0.3 is 5.32 Å². The molecule has 2 rings (SSSR count). The van der Waals surface area contributed by atoms with E-state index < -0.39 is 0 Å². The highest BCUT2D eigenvalue weighted by Crippen LogP contribution is 2.33. The lowest BCUT2D eigenvalue weighted by Crippen LogP contribution is -2.24. The molecule has 0 amide bonds. The fraction of sp³-hybridized carbons (Fsp3) is 0.800. The van der Waals surface area contributed by atoms with Gasteiger partial charge in [-0.25, -0.2) is 0 Å². The number of hydrogen-bond acceptors (Lipinski definition) is 2. The molecule has 3 nitrogen and oxygen atoms in total. The van der Waals surface area contributed by atoms with Gasteiger partial charge in [0.2, 0.25) is 0 Å². The minimum absolute atomic E-state index is 0.502. The van der Waals surface area contributed by atoms with Gasteiger partial charge in [0.1, 0.15) is 0 Å². The van der Waals surface area contributed by atoms with Crippen molar-refractivity contribution in [1.29, 1.82) is 0 Å². The number of nitrogens with zero attached hydrogens (tertiary/aromatic N) is 2. The van der Waals surface area contributed by atoms with Crippen molar-refractivity contribution in [2.45, 2.75) is 58.4 Å². The molecule has 0 saturated heterocycles. The maximum Gasteiger partial charge on any atom is 0.0540 e. The number of rotatable bonds is 6. The highest BCUT2D eigenvalue weighted by molar-refractivity contribution is 5.20. The summed E-state index contributed by atoms with van der Waals surface area (Å²) in [6.45, 7) is 5.51. The van der Waals surface area contributed by atoms with Crippen molar-refractivity contribution in [2.75, 3.05) is 6.54 Å². The Labute approximate surface area is 111 Å². The lowest BCUT2D eigenvalue weighted by molar-refractivity contribution is 0.394. The van der Waals surface area contributed by atoms with Crippen LogP contribution in [0.15, 0.2) is 6.20 Å². The first-order valence-electron chi connectivity index (χ1n) is 7.44. The van der Waals surface area contributed by atoms with E-state index in [0.717, 1.165) is 12.5 Å². The summed E-state index contributed by atoms with van der Waals surface area (Å²) in [5, 5.41) is 8.11. The van der Waals surface area contributed by atoms with Gasteiger partial charge in [0, 0.05) is 24.3 Å². The van der Waals surface area contributed by atoms with Crippen LogP contribution in [0.5, 0.6) is 0 Å². The molecule has 1 aromatic rings. The first kappa shape index (κ1) is 13.6. The molecule has 1 atom stereocenters. The number of hydrogen-bond donors (Lipinski definition) is 1. The Morgan fingerprint density at radius 2 is 2.17 bits per heavy atom. The largest absolute Gasteiger partial charge is 0.310 e. The molecule has 0 spiro atoms. The highest BCUT2D eigenvalue weighted by Gasteiger charge is 2.23. The van der Waals surface area contributed by atoms with Crippen LogP contribution in [0, 0.1) is 12.8 Å².